The van der Waals surface area contributed by atoms with Crippen LogP contribution in [0.15, 0.2) is 60.7 Å². The van der Waals surface area contributed by atoms with Crippen LogP contribution in [0.1, 0.15) is 86.9 Å². The highest BCUT2D eigenvalue weighted by Crippen LogP contribution is 2.36. The van der Waals surface area contributed by atoms with E-state index in [9.17, 15) is 9.59 Å². The van der Waals surface area contributed by atoms with E-state index in [1.165, 1.54) is 0 Å². The zero-order valence-corrected chi connectivity index (χ0v) is 19.3. The molecule has 0 amide bonds. The first-order valence-corrected chi connectivity index (χ1v) is 11.5. The Morgan fingerprint density at radius 2 is 1.39 bits per heavy atom. The monoisotopic (exact) mass is 424 g/mol. The molecule has 0 bridgehead atoms. The van der Waals surface area contributed by atoms with Gasteiger partial charge in [-0.3, -0.25) is 0 Å². The van der Waals surface area contributed by atoms with Crippen molar-refractivity contribution in [1.29, 1.82) is 0 Å². The Balaban J connectivity index is 2.24. The highest BCUT2D eigenvalue weighted by Gasteiger charge is 2.41. The standard InChI is InChI=1S/C27H36O4/c1-5-7-10-19-24(21(3)30-25(28)22-15-11-8-12-16-22)27(4,20-6-2)31-26(29)23-17-13-9-14-18-23/h8-9,11-18,21,24H,5-7,10,19-20H2,1-4H3. The number of ether oxygens (including phenoxy) is 2. The molecule has 0 saturated carbocycles. The van der Waals surface area contributed by atoms with Crippen LogP contribution >= 0.6 is 0 Å². The molecule has 0 aliphatic heterocycles. The molecule has 0 aliphatic carbocycles. The lowest BCUT2D eigenvalue weighted by Gasteiger charge is -2.40. The molecule has 0 aliphatic rings. The molecule has 2 aromatic carbocycles. The van der Waals surface area contributed by atoms with E-state index >= 15 is 0 Å². The maximum absolute atomic E-state index is 12.9. The number of carbonyl (C=O) groups is 2. The molecule has 0 aromatic heterocycles. The van der Waals surface area contributed by atoms with E-state index in [2.05, 4.69) is 13.8 Å². The number of esters is 2. The van der Waals surface area contributed by atoms with E-state index in [4.69, 9.17) is 9.47 Å². The zero-order chi connectivity index (χ0) is 22.7. The summed E-state index contributed by atoms with van der Waals surface area (Å²) in [5.41, 5.74) is 0.331. The number of carbonyl (C=O) groups excluding carboxylic acids is 2. The van der Waals surface area contributed by atoms with Gasteiger partial charge in [-0.1, -0.05) is 75.9 Å². The summed E-state index contributed by atoms with van der Waals surface area (Å²) in [5.74, 6) is -0.778. The Morgan fingerprint density at radius 1 is 0.839 bits per heavy atom. The van der Waals surface area contributed by atoms with Crippen molar-refractivity contribution in [3.63, 3.8) is 0 Å². The average molecular weight is 425 g/mol. The Kier molecular flexibility index (Phi) is 9.77. The third-order valence-corrected chi connectivity index (χ3v) is 5.85. The first kappa shape index (κ1) is 24.6. The lowest BCUT2D eigenvalue weighted by Crippen LogP contribution is -2.46. The van der Waals surface area contributed by atoms with Crippen LogP contribution in [0.4, 0.5) is 0 Å². The second-order valence-electron chi connectivity index (χ2n) is 8.40. The van der Waals surface area contributed by atoms with E-state index in [1.807, 2.05) is 50.2 Å². The predicted octanol–water partition coefficient (Wildman–Crippen LogP) is 6.84. The third-order valence-electron chi connectivity index (χ3n) is 5.85. The number of benzene rings is 2. The molecule has 0 heterocycles. The van der Waals surface area contributed by atoms with Gasteiger partial charge in [-0.25, -0.2) is 9.59 Å². The van der Waals surface area contributed by atoms with Gasteiger partial charge < -0.3 is 9.47 Å². The molecule has 2 rings (SSSR count). The molecule has 0 fully saturated rings. The van der Waals surface area contributed by atoms with Gasteiger partial charge in [0.15, 0.2) is 0 Å². The Labute approximate surface area is 187 Å². The van der Waals surface area contributed by atoms with Gasteiger partial charge in [-0.15, -0.1) is 0 Å². The fourth-order valence-corrected chi connectivity index (χ4v) is 4.20. The van der Waals surface area contributed by atoms with E-state index in [0.29, 0.717) is 17.5 Å². The Hall–Kier alpha value is -2.62. The van der Waals surface area contributed by atoms with Crippen LogP contribution in [0, 0.1) is 5.92 Å². The molecule has 4 nitrogen and oxygen atoms in total. The van der Waals surface area contributed by atoms with Crippen molar-refractivity contribution in [1.82, 2.24) is 0 Å². The van der Waals surface area contributed by atoms with Gasteiger partial charge in [0.2, 0.25) is 0 Å². The maximum atomic E-state index is 12.9. The second-order valence-corrected chi connectivity index (χ2v) is 8.40. The average Bonchev–Trinajstić information content (AvgIpc) is 2.77. The van der Waals surface area contributed by atoms with Gasteiger partial charge in [-0.2, -0.15) is 0 Å². The molecule has 0 N–H and O–H groups in total. The minimum absolute atomic E-state index is 0.0978. The molecular formula is C27H36O4. The quantitative estimate of drug-likeness (QED) is 0.276. The van der Waals surface area contributed by atoms with Crippen molar-refractivity contribution in [3.05, 3.63) is 71.8 Å². The van der Waals surface area contributed by atoms with Crippen molar-refractivity contribution in [2.75, 3.05) is 0 Å². The summed E-state index contributed by atoms with van der Waals surface area (Å²) in [7, 11) is 0. The second kappa shape index (κ2) is 12.3. The van der Waals surface area contributed by atoms with Crippen molar-refractivity contribution < 1.29 is 19.1 Å². The number of hydrogen-bond acceptors (Lipinski definition) is 4. The van der Waals surface area contributed by atoms with Gasteiger partial charge in [0.1, 0.15) is 11.7 Å². The summed E-state index contributed by atoms with van der Waals surface area (Å²) >= 11 is 0. The maximum Gasteiger partial charge on any atom is 0.338 e. The molecule has 0 radical (unpaired) electrons. The highest BCUT2D eigenvalue weighted by molar-refractivity contribution is 5.90. The van der Waals surface area contributed by atoms with Crippen LogP contribution in [0.25, 0.3) is 0 Å². The predicted molar refractivity (Wildman–Crippen MR) is 124 cm³/mol. The minimum atomic E-state index is -0.730. The van der Waals surface area contributed by atoms with E-state index in [-0.39, 0.29) is 24.0 Å². The largest absolute Gasteiger partial charge is 0.459 e. The van der Waals surface area contributed by atoms with E-state index in [0.717, 1.165) is 32.1 Å². The van der Waals surface area contributed by atoms with Gasteiger partial charge in [-0.05, 0) is 51.0 Å². The van der Waals surface area contributed by atoms with Gasteiger partial charge in [0, 0.05) is 5.92 Å². The van der Waals surface area contributed by atoms with Gasteiger partial charge in [0.05, 0.1) is 11.1 Å². The molecule has 3 atom stereocenters. The van der Waals surface area contributed by atoms with Crippen LogP contribution in [0.5, 0.6) is 0 Å². The minimum Gasteiger partial charge on any atom is -0.459 e. The highest BCUT2D eigenvalue weighted by atomic mass is 16.6. The van der Waals surface area contributed by atoms with Gasteiger partial charge >= 0.3 is 11.9 Å². The van der Waals surface area contributed by atoms with Crippen LogP contribution in [0.2, 0.25) is 0 Å². The molecule has 168 valence electrons. The van der Waals surface area contributed by atoms with Crippen LogP contribution in [0.3, 0.4) is 0 Å². The van der Waals surface area contributed by atoms with Crippen LogP contribution in [-0.2, 0) is 9.47 Å². The van der Waals surface area contributed by atoms with Crippen LogP contribution in [-0.4, -0.2) is 23.6 Å². The molecule has 0 spiro atoms. The lowest BCUT2D eigenvalue weighted by atomic mass is 9.78. The van der Waals surface area contributed by atoms with Crippen molar-refractivity contribution >= 4 is 11.9 Å². The smallest absolute Gasteiger partial charge is 0.338 e. The van der Waals surface area contributed by atoms with E-state index < -0.39 is 5.60 Å². The lowest BCUT2D eigenvalue weighted by molar-refractivity contribution is -0.0851. The summed E-state index contributed by atoms with van der Waals surface area (Å²) in [6, 6.07) is 18.1. The normalized spacial score (nSPS) is 14.8. The topological polar surface area (TPSA) is 52.6 Å². The molecule has 2 aromatic rings. The number of hydrogen-bond donors (Lipinski definition) is 0. The Bertz CT molecular complexity index is 803. The van der Waals surface area contributed by atoms with E-state index in [1.54, 1.807) is 24.3 Å². The first-order valence-electron chi connectivity index (χ1n) is 11.5. The summed E-state index contributed by atoms with van der Waals surface area (Å²) in [4.78, 5) is 25.6. The fourth-order valence-electron chi connectivity index (χ4n) is 4.20. The molecule has 4 heteroatoms. The fraction of sp³-hybridized carbons (Fsp3) is 0.481. The Morgan fingerprint density at radius 3 is 1.90 bits per heavy atom. The molecule has 0 saturated heterocycles. The van der Waals surface area contributed by atoms with Gasteiger partial charge in [0.25, 0.3) is 0 Å². The zero-order valence-electron chi connectivity index (χ0n) is 19.3. The first-order chi connectivity index (χ1) is 14.9. The van der Waals surface area contributed by atoms with Crippen molar-refractivity contribution in [2.24, 2.45) is 5.92 Å². The summed E-state index contributed by atoms with van der Waals surface area (Å²) < 4.78 is 12.0. The SMILES string of the molecule is CCCCCC(C(C)OC(=O)c1ccccc1)C(C)(CCC)OC(=O)c1ccccc1. The van der Waals surface area contributed by atoms with Crippen LogP contribution < -0.4 is 0 Å². The molecular weight excluding hydrogens is 388 g/mol. The summed E-state index contributed by atoms with van der Waals surface area (Å²) in [5, 5.41) is 0. The number of unbranched alkanes of at least 4 members (excludes halogenated alkanes) is 2. The van der Waals surface area contributed by atoms with Crippen molar-refractivity contribution in [3.8, 4) is 0 Å². The van der Waals surface area contributed by atoms with Crippen molar-refractivity contribution in [2.45, 2.75) is 77.9 Å². The summed E-state index contributed by atoms with van der Waals surface area (Å²) in [6.07, 6.45) is 5.19. The molecule has 3 unspecified atom stereocenters. The molecule has 31 heavy (non-hydrogen) atoms. The summed E-state index contributed by atoms with van der Waals surface area (Å²) in [6.45, 7) is 8.15. The number of rotatable bonds is 12. The third kappa shape index (κ3) is 7.23.